The van der Waals surface area contributed by atoms with Crippen LogP contribution in [0.1, 0.15) is 12.5 Å². The van der Waals surface area contributed by atoms with Gasteiger partial charge in [-0.3, -0.25) is 0 Å². The Morgan fingerprint density at radius 3 is 2.63 bits per heavy atom. The highest BCUT2D eigenvalue weighted by atomic mass is 19.2. The molecule has 1 unspecified atom stereocenters. The molecule has 2 aliphatic rings. The van der Waals surface area contributed by atoms with Gasteiger partial charge in [0.25, 0.3) is 0 Å². The maximum Gasteiger partial charge on any atom is 0.166 e. The molecule has 1 atom stereocenters. The van der Waals surface area contributed by atoms with E-state index in [4.69, 9.17) is 0 Å². The Bertz CT molecular complexity index is 1430. The van der Waals surface area contributed by atoms with Crippen LogP contribution in [0.25, 0.3) is 33.5 Å². The molecule has 0 radical (unpaired) electrons. The molecule has 7 nitrogen and oxygen atoms in total. The highest BCUT2D eigenvalue weighted by Gasteiger charge is 2.26. The summed E-state index contributed by atoms with van der Waals surface area (Å²) in [6.07, 6.45) is 8.17. The number of likely N-dealkylation sites (N-methyl/N-ethyl adjacent to an activating group) is 1. The highest BCUT2D eigenvalue weighted by Crippen LogP contribution is 2.36. The van der Waals surface area contributed by atoms with E-state index in [1.54, 1.807) is 16.8 Å². The Labute approximate surface area is 201 Å². The monoisotopic (exact) mass is 473 g/mol. The first kappa shape index (κ1) is 21.7. The summed E-state index contributed by atoms with van der Waals surface area (Å²) in [5.41, 5.74) is 4.67. The molecule has 1 N–H and O–H groups in total. The minimum atomic E-state index is -0.858. The van der Waals surface area contributed by atoms with Gasteiger partial charge in [0.1, 0.15) is 12.0 Å². The molecular weight excluding hydrogens is 448 g/mol. The molecule has 0 bridgehead atoms. The molecule has 3 aromatic heterocycles. The van der Waals surface area contributed by atoms with Crippen LogP contribution in [0.5, 0.6) is 0 Å². The Morgan fingerprint density at radius 2 is 1.83 bits per heavy atom. The lowest BCUT2D eigenvalue weighted by Crippen LogP contribution is -2.44. The molecule has 1 aromatic carbocycles. The normalized spacial score (nSPS) is 19.2. The number of allylic oxidation sites excluding steroid dienone is 4. The zero-order valence-corrected chi connectivity index (χ0v) is 19.3. The molecule has 35 heavy (non-hydrogen) atoms. The van der Waals surface area contributed by atoms with Gasteiger partial charge in [0.05, 0.1) is 6.04 Å². The average Bonchev–Trinajstić information content (AvgIpc) is 3.53. The zero-order chi connectivity index (χ0) is 23.9. The minimum absolute atomic E-state index is 0.329. The molecule has 0 spiro atoms. The first-order chi connectivity index (χ1) is 17.1. The van der Waals surface area contributed by atoms with Crippen LogP contribution in [-0.4, -0.2) is 62.9 Å². The van der Waals surface area contributed by atoms with E-state index < -0.39 is 17.7 Å². The molecule has 0 saturated carbocycles. The van der Waals surface area contributed by atoms with Crippen molar-refractivity contribution < 1.29 is 8.78 Å². The number of nitrogens with zero attached hydrogens (tertiary/aromatic N) is 6. The van der Waals surface area contributed by atoms with Crippen molar-refractivity contribution in [2.24, 2.45) is 0 Å². The summed E-state index contributed by atoms with van der Waals surface area (Å²) in [7, 11) is 2.15. The second kappa shape index (κ2) is 8.74. The quantitative estimate of drug-likeness (QED) is 0.457. The minimum Gasteiger partial charge on any atom is -0.369 e. The van der Waals surface area contributed by atoms with Crippen molar-refractivity contribution in [3.05, 3.63) is 72.9 Å². The maximum absolute atomic E-state index is 14.6. The van der Waals surface area contributed by atoms with Gasteiger partial charge in [0.15, 0.2) is 17.5 Å². The number of H-pyrrole nitrogens is 1. The second-order valence-corrected chi connectivity index (χ2v) is 9.07. The van der Waals surface area contributed by atoms with E-state index in [0.29, 0.717) is 17.9 Å². The summed E-state index contributed by atoms with van der Waals surface area (Å²) >= 11 is 0. The van der Waals surface area contributed by atoms with Crippen molar-refractivity contribution in [2.45, 2.75) is 12.5 Å². The van der Waals surface area contributed by atoms with Gasteiger partial charge >= 0.3 is 0 Å². The Morgan fingerprint density at radius 1 is 1.03 bits per heavy atom. The first-order valence-electron chi connectivity index (χ1n) is 11.7. The van der Waals surface area contributed by atoms with Crippen molar-refractivity contribution in [2.75, 3.05) is 38.1 Å². The number of aromatic nitrogens is 5. The Kier molecular flexibility index (Phi) is 5.41. The lowest BCUT2D eigenvalue weighted by molar-refractivity contribution is 0.313. The summed E-state index contributed by atoms with van der Waals surface area (Å²) in [6, 6.07) is 9.77. The molecule has 9 heteroatoms. The summed E-state index contributed by atoms with van der Waals surface area (Å²) < 4.78 is 30.0. The number of hydrogen-bond donors (Lipinski definition) is 1. The summed E-state index contributed by atoms with van der Waals surface area (Å²) in [5, 5.41) is 9.07. The second-order valence-electron chi connectivity index (χ2n) is 9.07. The molecular formula is C26H25F2N7. The Hall–Kier alpha value is -3.85. The fourth-order valence-electron chi connectivity index (χ4n) is 4.82. The lowest BCUT2D eigenvalue weighted by Gasteiger charge is -2.34. The van der Waals surface area contributed by atoms with E-state index >= 15 is 0 Å². The number of aromatic amines is 1. The number of rotatable bonds is 4. The van der Waals surface area contributed by atoms with Crippen LogP contribution in [-0.2, 0) is 0 Å². The standard InChI is InChI=1S/C26H25F2N7/c1-33-9-11-34(12-10-33)19-7-5-17(6-8-19)18-13-20-21(15-30-25(20)29-14-18)26-32-31-16-35(26)23-4-2-3-22(27)24(23)28/h2-3,5-8,13-16,23H,4,9-12H2,1H3,(H,29,30). The van der Waals surface area contributed by atoms with Crippen molar-refractivity contribution in [1.29, 1.82) is 0 Å². The van der Waals surface area contributed by atoms with Crippen molar-refractivity contribution in [1.82, 2.24) is 29.6 Å². The van der Waals surface area contributed by atoms with Crippen molar-refractivity contribution in [3.63, 3.8) is 0 Å². The fraction of sp³-hybridized carbons (Fsp3) is 0.269. The van der Waals surface area contributed by atoms with Gasteiger partial charge in [0, 0.05) is 60.8 Å². The molecule has 4 aromatic rings. The molecule has 1 aliphatic heterocycles. The van der Waals surface area contributed by atoms with Crippen LogP contribution in [0.4, 0.5) is 14.5 Å². The summed E-state index contributed by atoms with van der Waals surface area (Å²) in [6.45, 7) is 4.17. The first-order valence-corrected chi connectivity index (χ1v) is 11.7. The molecule has 0 amide bonds. The van der Waals surface area contributed by atoms with Gasteiger partial charge in [-0.1, -0.05) is 18.2 Å². The zero-order valence-electron chi connectivity index (χ0n) is 19.3. The summed E-state index contributed by atoms with van der Waals surface area (Å²) in [5.74, 6) is -1.21. The summed E-state index contributed by atoms with van der Waals surface area (Å²) in [4.78, 5) is 12.5. The number of anilines is 1. The van der Waals surface area contributed by atoms with E-state index in [2.05, 4.69) is 61.3 Å². The van der Waals surface area contributed by atoms with Crippen LogP contribution in [0.2, 0.25) is 0 Å². The third-order valence-electron chi connectivity index (χ3n) is 6.89. The molecule has 1 fully saturated rings. The maximum atomic E-state index is 14.6. The molecule has 4 heterocycles. The van der Waals surface area contributed by atoms with Crippen molar-refractivity contribution >= 4 is 16.7 Å². The predicted molar refractivity (Wildman–Crippen MR) is 132 cm³/mol. The van der Waals surface area contributed by atoms with Crippen molar-refractivity contribution in [3.8, 4) is 22.5 Å². The fourth-order valence-corrected chi connectivity index (χ4v) is 4.82. The van der Waals surface area contributed by atoms with E-state index in [-0.39, 0.29) is 0 Å². The van der Waals surface area contributed by atoms with Crippen LogP contribution < -0.4 is 4.90 Å². The average molecular weight is 474 g/mol. The van der Waals surface area contributed by atoms with E-state index in [1.165, 1.54) is 12.0 Å². The molecule has 178 valence electrons. The van der Waals surface area contributed by atoms with Crippen LogP contribution >= 0.6 is 0 Å². The molecule has 1 saturated heterocycles. The van der Waals surface area contributed by atoms with Crippen LogP contribution in [0, 0.1) is 0 Å². The highest BCUT2D eigenvalue weighted by molar-refractivity contribution is 5.94. The van der Waals surface area contributed by atoms with E-state index in [0.717, 1.165) is 54.3 Å². The van der Waals surface area contributed by atoms with Gasteiger partial charge in [-0.15, -0.1) is 10.2 Å². The van der Waals surface area contributed by atoms with E-state index in [9.17, 15) is 8.78 Å². The third-order valence-corrected chi connectivity index (χ3v) is 6.89. The number of fused-ring (bicyclic) bond motifs is 1. The largest absolute Gasteiger partial charge is 0.369 e. The number of piperazine rings is 1. The SMILES string of the molecule is CN1CCN(c2ccc(-c3cnc4[nH]cc(-c5nncn5C5CC=CC(F)=C5F)c4c3)cc2)CC1. The number of nitrogens with one attached hydrogen (secondary N) is 1. The number of pyridine rings is 1. The smallest absolute Gasteiger partial charge is 0.166 e. The number of halogens is 2. The van der Waals surface area contributed by atoms with Gasteiger partial charge in [-0.25, -0.2) is 13.8 Å². The number of benzene rings is 1. The van der Waals surface area contributed by atoms with Crippen LogP contribution in [0.15, 0.2) is 72.9 Å². The van der Waals surface area contributed by atoms with Crippen LogP contribution in [0.3, 0.4) is 0 Å². The topological polar surface area (TPSA) is 65.9 Å². The molecule has 6 rings (SSSR count). The van der Waals surface area contributed by atoms with Gasteiger partial charge in [-0.2, -0.15) is 0 Å². The predicted octanol–water partition coefficient (Wildman–Crippen LogP) is 4.89. The number of hydrogen-bond acceptors (Lipinski definition) is 5. The van der Waals surface area contributed by atoms with Gasteiger partial charge in [-0.05, 0) is 43.3 Å². The third kappa shape index (κ3) is 3.91. The lowest BCUT2D eigenvalue weighted by atomic mass is 10.0. The van der Waals surface area contributed by atoms with Gasteiger partial charge < -0.3 is 19.4 Å². The van der Waals surface area contributed by atoms with Gasteiger partial charge in [0.2, 0.25) is 0 Å². The Balaban J connectivity index is 1.33. The molecule has 1 aliphatic carbocycles. The van der Waals surface area contributed by atoms with E-state index in [1.807, 2.05) is 12.3 Å².